The van der Waals surface area contributed by atoms with Crippen molar-refractivity contribution < 1.29 is 85.1 Å². The number of hydrogen-bond donors (Lipinski definition) is 4. The quantitative estimate of drug-likeness (QED) is 0.106. The summed E-state index contributed by atoms with van der Waals surface area (Å²) in [6, 6.07) is 23.0. The molecule has 12 nitrogen and oxygen atoms in total. The molecule has 0 amide bonds. The van der Waals surface area contributed by atoms with Crippen molar-refractivity contribution >= 4 is 66.5 Å². The fraction of sp³-hybridized carbons (Fsp3) is 0. The van der Waals surface area contributed by atoms with Crippen LogP contribution >= 0.6 is 0 Å². The van der Waals surface area contributed by atoms with Gasteiger partial charge in [0.05, 0.1) is 43.9 Å². The summed E-state index contributed by atoms with van der Waals surface area (Å²) < 4.78 is 72.9. The standard InChI is InChI=1S/C26H22N6O6S2.2Na/c33-39(34,35)25-15-19(31-27-21-5-1-2-6-22(21)28-31)13-11-17(25)9-10-18-12-14-20(16-26(18)40(36,37)38)32-29-23-7-3-4-8-24(23)30-32;;/h1-16,27-30H,(H,33,34,35)(H,36,37,38);;/q;2*+1/p-2/b10-9+;;. The van der Waals surface area contributed by atoms with E-state index in [9.17, 15) is 25.9 Å². The molecule has 16 heteroatoms. The minimum atomic E-state index is -4.93. The summed E-state index contributed by atoms with van der Waals surface area (Å²) >= 11 is 0. The molecule has 6 rings (SSSR count). The Hall–Kier alpha value is -2.76. The van der Waals surface area contributed by atoms with Crippen molar-refractivity contribution in [2.75, 3.05) is 31.9 Å². The first-order chi connectivity index (χ1) is 19.1. The maximum atomic E-state index is 12.1. The average molecular weight is 623 g/mol. The molecule has 2 aliphatic heterocycles. The molecule has 4 aromatic carbocycles. The number of nitrogens with one attached hydrogen (secondary N) is 4. The van der Waals surface area contributed by atoms with Crippen molar-refractivity contribution in [3.05, 3.63) is 96.1 Å². The predicted molar refractivity (Wildman–Crippen MR) is 150 cm³/mol. The van der Waals surface area contributed by atoms with Gasteiger partial charge >= 0.3 is 59.1 Å². The summed E-state index contributed by atoms with van der Waals surface area (Å²) in [4.78, 5) is -1.04. The van der Waals surface area contributed by atoms with Crippen LogP contribution in [-0.2, 0) is 20.2 Å². The van der Waals surface area contributed by atoms with Gasteiger partial charge in [-0.15, -0.1) is 0 Å². The molecule has 42 heavy (non-hydrogen) atoms. The first kappa shape index (κ1) is 32.2. The fourth-order valence-electron chi connectivity index (χ4n) is 4.36. The summed E-state index contributed by atoms with van der Waals surface area (Å²) in [5, 5.41) is 2.93. The average Bonchev–Trinajstić information content (AvgIpc) is 3.55. The summed E-state index contributed by atoms with van der Waals surface area (Å²) in [7, 11) is -9.85. The van der Waals surface area contributed by atoms with Crippen LogP contribution < -0.4 is 91.1 Å². The molecule has 0 radical (unpaired) electrons. The third kappa shape index (κ3) is 6.58. The second-order valence-electron chi connectivity index (χ2n) is 8.90. The smallest absolute Gasteiger partial charge is 0.744 e. The Bertz CT molecular complexity index is 1720. The molecular weight excluding hydrogens is 602 g/mol. The minimum absolute atomic E-state index is 0. The monoisotopic (exact) mass is 622 g/mol. The van der Waals surface area contributed by atoms with Crippen molar-refractivity contribution in [2.24, 2.45) is 0 Å². The maximum Gasteiger partial charge on any atom is 1.00 e. The third-order valence-electron chi connectivity index (χ3n) is 6.27. The molecule has 0 aliphatic carbocycles. The van der Waals surface area contributed by atoms with Crippen LogP contribution in [-0.4, -0.2) is 25.9 Å². The zero-order valence-corrected chi connectivity index (χ0v) is 28.0. The van der Waals surface area contributed by atoms with E-state index in [1.165, 1.54) is 46.7 Å². The van der Waals surface area contributed by atoms with E-state index in [2.05, 4.69) is 21.7 Å². The number of nitrogens with zero attached hydrogens (tertiary/aromatic N) is 2. The molecule has 0 atom stereocenters. The molecule has 2 aliphatic rings. The van der Waals surface area contributed by atoms with Gasteiger partial charge in [0.1, 0.15) is 20.2 Å². The second kappa shape index (κ2) is 12.5. The van der Waals surface area contributed by atoms with E-state index in [-0.39, 0.29) is 70.2 Å². The third-order valence-corrected chi connectivity index (χ3v) is 8.06. The Morgan fingerprint density at radius 2 is 0.833 bits per heavy atom. The van der Waals surface area contributed by atoms with E-state index >= 15 is 0 Å². The molecular formula is C26H20N6Na2O6S2. The Balaban J connectivity index is 0.00000202. The number of hydrogen-bond acceptors (Lipinski definition) is 12. The number of para-hydroxylation sites is 4. The van der Waals surface area contributed by atoms with Crippen molar-refractivity contribution in [2.45, 2.75) is 9.79 Å². The van der Waals surface area contributed by atoms with Crippen molar-refractivity contribution in [1.29, 1.82) is 0 Å². The molecule has 0 bridgehead atoms. The zero-order valence-electron chi connectivity index (χ0n) is 22.4. The zero-order chi connectivity index (χ0) is 28.1. The Morgan fingerprint density at radius 3 is 1.12 bits per heavy atom. The van der Waals surface area contributed by atoms with Crippen LogP contribution in [0.4, 0.5) is 34.1 Å². The van der Waals surface area contributed by atoms with Crippen molar-refractivity contribution in [1.82, 2.24) is 0 Å². The molecule has 204 valence electrons. The van der Waals surface area contributed by atoms with E-state index < -0.39 is 30.0 Å². The van der Waals surface area contributed by atoms with Gasteiger partial charge in [-0.25, -0.2) is 16.8 Å². The van der Waals surface area contributed by atoms with Crippen LogP contribution in [0.3, 0.4) is 0 Å². The van der Waals surface area contributed by atoms with Crippen molar-refractivity contribution in [3.63, 3.8) is 0 Å². The largest absolute Gasteiger partial charge is 1.00 e. The number of hydrazine groups is 4. The number of rotatable bonds is 6. The molecule has 0 spiro atoms. The van der Waals surface area contributed by atoms with E-state index in [1.807, 2.05) is 48.5 Å². The molecule has 0 saturated carbocycles. The van der Waals surface area contributed by atoms with Gasteiger partial charge in [-0.3, -0.25) is 21.7 Å². The molecule has 0 aromatic heterocycles. The summed E-state index contributed by atoms with van der Waals surface area (Å²) in [6.45, 7) is 0. The molecule has 0 saturated heterocycles. The first-order valence-corrected chi connectivity index (χ1v) is 14.6. The van der Waals surface area contributed by atoms with E-state index in [4.69, 9.17) is 0 Å². The van der Waals surface area contributed by atoms with Crippen LogP contribution in [0, 0.1) is 0 Å². The van der Waals surface area contributed by atoms with E-state index in [0.29, 0.717) is 11.4 Å². The Morgan fingerprint density at radius 1 is 0.524 bits per heavy atom. The fourth-order valence-corrected chi connectivity index (χ4v) is 5.74. The van der Waals surface area contributed by atoms with Crippen LogP contribution in [0.15, 0.2) is 94.7 Å². The molecule has 4 aromatic rings. The normalized spacial score (nSPS) is 13.6. The van der Waals surface area contributed by atoms with Crippen molar-refractivity contribution in [3.8, 4) is 0 Å². The molecule has 2 heterocycles. The SMILES string of the molecule is O=S(=O)([O-])c1cc(N2Nc3ccccc3N2)ccc1/C=C/c1ccc(N2Nc3ccccc3N2)cc1S(=O)(=O)[O-].[Na+].[Na+]. The van der Waals surface area contributed by atoms with Gasteiger partial charge in [0.2, 0.25) is 0 Å². The first-order valence-electron chi connectivity index (χ1n) is 11.8. The summed E-state index contributed by atoms with van der Waals surface area (Å²) in [5.41, 5.74) is 16.0. The van der Waals surface area contributed by atoms with Crippen LogP contribution in [0.25, 0.3) is 12.2 Å². The predicted octanol–water partition coefficient (Wildman–Crippen LogP) is -1.98. The second-order valence-corrected chi connectivity index (χ2v) is 11.6. The van der Waals surface area contributed by atoms with Crippen LogP contribution in [0.2, 0.25) is 0 Å². The number of anilines is 6. The van der Waals surface area contributed by atoms with Gasteiger partial charge < -0.3 is 9.11 Å². The van der Waals surface area contributed by atoms with Crippen LogP contribution in [0.1, 0.15) is 11.1 Å². The Labute approximate surface area is 286 Å². The van der Waals surface area contributed by atoms with Gasteiger partial charge in [-0.2, -0.15) is 10.2 Å². The van der Waals surface area contributed by atoms with E-state index in [1.54, 1.807) is 12.1 Å². The number of fused-ring (bicyclic) bond motifs is 2. The van der Waals surface area contributed by atoms with Gasteiger partial charge in [0.25, 0.3) is 0 Å². The van der Waals surface area contributed by atoms with Gasteiger partial charge in [0.15, 0.2) is 0 Å². The topological polar surface area (TPSA) is 169 Å². The maximum absolute atomic E-state index is 12.1. The van der Waals surface area contributed by atoms with Gasteiger partial charge in [0, 0.05) is 0 Å². The molecule has 0 unspecified atom stereocenters. The van der Waals surface area contributed by atoms with Gasteiger partial charge in [-0.1, -0.05) is 48.6 Å². The van der Waals surface area contributed by atoms with E-state index in [0.717, 1.165) is 22.7 Å². The van der Waals surface area contributed by atoms with Crippen LogP contribution in [0.5, 0.6) is 0 Å². The van der Waals surface area contributed by atoms with Gasteiger partial charge in [-0.05, 0) is 59.7 Å². The minimum Gasteiger partial charge on any atom is -0.744 e. The Kier molecular flexibility index (Phi) is 9.54. The summed E-state index contributed by atoms with van der Waals surface area (Å²) in [6.07, 6.45) is 2.56. The molecule has 4 N–H and O–H groups in total. The summed E-state index contributed by atoms with van der Waals surface area (Å²) in [5.74, 6) is 0. The molecule has 0 fully saturated rings. The number of benzene rings is 4.